The van der Waals surface area contributed by atoms with Crippen molar-refractivity contribution in [3.8, 4) is 0 Å². The van der Waals surface area contributed by atoms with Crippen molar-refractivity contribution in [3.05, 3.63) is 35.9 Å². The van der Waals surface area contributed by atoms with E-state index in [1.165, 1.54) is 31.2 Å². The molecular formula is C15H23N3. The average molecular weight is 245 g/mol. The van der Waals surface area contributed by atoms with Gasteiger partial charge in [0.25, 0.3) is 0 Å². The van der Waals surface area contributed by atoms with E-state index >= 15 is 0 Å². The van der Waals surface area contributed by atoms with Crippen LogP contribution >= 0.6 is 0 Å². The average Bonchev–Trinajstić information content (AvgIpc) is 3.12. The normalized spacial score (nSPS) is 22.7. The highest BCUT2D eigenvalue weighted by Crippen LogP contribution is 2.33. The van der Waals surface area contributed by atoms with E-state index in [1.807, 2.05) is 0 Å². The summed E-state index contributed by atoms with van der Waals surface area (Å²) in [5.74, 6) is -0.381. The smallest absolute Gasteiger partial charge is 0.153 e. The van der Waals surface area contributed by atoms with Gasteiger partial charge in [0.05, 0.1) is 0 Å². The molecule has 18 heavy (non-hydrogen) atoms. The lowest BCUT2D eigenvalue weighted by Crippen LogP contribution is -2.62. The molecular weight excluding hydrogens is 222 g/mol. The number of rotatable bonds is 3. The SMILES string of the molecule is NC(c1ccccc1)(N1CCCC1)N1CCCC1. The number of hydrogen-bond acceptors (Lipinski definition) is 3. The molecule has 0 amide bonds. The number of benzene rings is 1. The Morgan fingerprint density at radius 1 is 0.778 bits per heavy atom. The Morgan fingerprint density at radius 2 is 1.22 bits per heavy atom. The zero-order valence-corrected chi connectivity index (χ0v) is 11.0. The first-order valence-electron chi connectivity index (χ1n) is 7.16. The minimum absolute atomic E-state index is 0.381. The lowest BCUT2D eigenvalue weighted by atomic mass is 10.1. The molecule has 0 aromatic heterocycles. The van der Waals surface area contributed by atoms with Crippen molar-refractivity contribution in [1.82, 2.24) is 9.80 Å². The Morgan fingerprint density at radius 3 is 1.67 bits per heavy atom. The van der Waals surface area contributed by atoms with Crippen molar-refractivity contribution >= 4 is 0 Å². The molecule has 3 nitrogen and oxygen atoms in total. The van der Waals surface area contributed by atoms with E-state index in [2.05, 4.69) is 40.1 Å². The van der Waals surface area contributed by atoms with Crippen molar-refractivity contribution < 1.29 is 0 Å². The molecule has 2 fully saturated rings. The number of likely N-dealkylation sites (tertiary alicyclic amines) is 2. The van der Waals surface area contributed by atoms with Gasteiger partial charge in [-0.3, -0.25) is 15.5 Å². The highest BCUT2D eigenvalue weighted by molar-refractivity contribution is 5.23. The third-order valence-electron chi connectivity index (χ3n) is 4.37. The summed E-state index contributed by atoms with van der Waals surface area (Å²) in [5, 5.41) is 0. The van der Waals surface area contributed by atoms with Crippen LogP contribution in [0.3, 0.4) is 0 Å². The first kappa shape index (κ1) is 12.2. The first-order valence-corrected chi connectivity index (χ1v) is 7.16. The Balaban J connectivity index is 1.96. The number of nitrogens with two attached hydrogens (primary N) is 1. The Hall–Kier alpha value is -0.900. The molecule has 2 aliphatic rings. The highest BCUT2D eigenvalue weighted by Gasteiger charge is 2.42. The third-order valence-corrected chi connectivity index (χ3v) is 4.37. The Kier molecular flexibility index (Phi) is 3.37. The maximum Gasteiger partial charge on any atom is 0.153 e. The van der Waals surface area contributed by atoms with Crippen LogP contribution in [-0.2, 0) is 5.79 Å². The standard InChI is InChI=1S/C15H23N3/c16-15(17-10-4-5-11-17,18-12-6-7-13-18)14-8-2-1-3-9-14/h1-3,8-9H,4-7,10-13,16H2. The van der Waals surface area contributed by atoms with E-state index in [-0.39, 0.29) is 5.79 Å². The van der Waals surface area contributed by atoms with Gasteiger partial charge in [0.15, 0.2) is 5.79 Å². The zero-order valence-electron chi connectivity index (χ0n) is 11.0. The Bertz CT molecular complexity index is 362. The quantitative estimate of drug-likeness (QED) is 0.883. The van der Waals surface area contributed by atoms with Gasteiger partial charge < -0.3 is 0 Å². The molecule has 0 spiro atoms. The second kappa shape index (κ2) is 5.00. The van der Waals surface area contributed by atoms with Crippen molar-refractivity contribution in [3.63, 3.8) is 0 Å². The summed E-state index contributed by atoms with van der Waals surface area (Å²) in [6, 6.07) is 10.6. The van der Waals surface area contributed by atoms with E-state index in [0.717, 1.165) is 26.2 Å². The van der Waals surface area contributed by atoms with Gasteiger partial charge in [-0.1, -0.05) is 30.3 Å². The second-order valence-electron chi connectivity index (χ2n) is 5.48. The van der Waals surface area contributed by atoms with Gasteiger partial charge in [-0.05, 0) is 25.7 Å². The van der Waals surface area contributed by atoms with E-state index in [1.54, 1.807) is 0 Å². The molecule has 2 N–H and O–H groups in total. The largest absolute Gasteiger partial charge is 0.297 e. The molecule has 0 saturated carbocycles. The van der Waals surface area contributed by atoms with Crippen LogP contribution in [0.4, 0.5) is 0 Å². The summed E-state index contributed by atoms with van der Waals surface area (Å²) in [7, 11) is 0. The monoisotopic (exact) mass is 245 g/mol. The van der Waals surface area contributed by atoms with Gasteiger partial charge in [-0.25, -0.2) is 0 Å². The van der Waals surface area contributed by atoms with Crippen LogP contribution in [0.5, 0.6) is 0 Å². The molecule has 2 aliphatic heterocycles. The molecule has 2 heterocycles. The van der Waals surface area contributed by atoms with Crippen LogP contribution in [0.1, 0.15) is 31.2 Å². The topological polar surface area (TPSA) is 32.5 Å². The summed E-state index contributed by atoms with van der Waals surface area (Å²) in [5.41, 5.74) is 8.13. The van der Waals surface area contributed by atoms with Gasteiger partial charge in [-0.2, -0.15) is 0 Å². The van der Waals surface area contributed by atoms with Gasteiger partial charge in [0.2, 0.25) is 0 Å². The lowest BCUT2D eigenvalue weighted by Gasteiger charge is -2.45. The molecule has 2 saturated heterocycles. The minimum Gasteiger partial charge on any atom is -0.297 e. The minimum atomic E-state index is -0.381. The van der Waals surface area contributed by atoms with E-state index in [9.17, 15) is 0 Å². The lowest BCUT2D eigenvalue weighted by molar-refractivity contribution is -0.0347. The van der Waals surface area contributed by atoms with Gasteiger partial charge in [-0.15, -0.1) is 0 Å². The number of hydrogen-bond donors (Lipinski definition) is 1. The predicted octanol–water partition coefficient (Wildman–Crippen LogP) is 1.95. The Labute approximate surface area is 110 Å². The van der Waals surface area contributed by atoms with Crippen LogP contribution in [0.15, 0.2) is 30.3 Å². The van der Waals surface area contributed by atoms with E-state index in [0.29, 0.717) is 0 Å². The zero-order chi connectivity index (χ0) is 12.4. The van der Waals surface area contributed by atoms with Crippen LogP contribution in [0, 0.1) is 0 Å². The van der Waals surface area contributed by atoms with Gasteiger partial charge in [0, 0.05) is 31.7 Å². The summed E-state index contributed by atoms with van der Waals surface area (Å²) in [6.07, 6.45) is 5.11. The van der Waals surface area contributed by atoms with E-state index < -0.39 is 0 Å². The van der Waals surface area contributed by atoms with Crippen molar-refractivity contribution in [2.45, 2.75) is 31.5 Å². The maximum atomic E-state index is 6.88. The van der Waals surface area contributed by atoms with Crippen LogP contribution < -0.4 is 5.73 Å². The fraction of sp³-hybridized carbons (Fsp3) is 0.600. The molecule has 1 aromatic carbocycles. The molecule has 0 unspecified atom stereocenters. The van der Waals surface area contributed by atoms with Crippen LogP contribution in [0.25, 0.3) is 0 Å². The molecule has 1 aromatic rings. The van der Waals surface area contributed by atoms with Crippen LogP contribution in [0.2, 0.25) is 0 Å². The molecule has 0 bridgehead atoms. The first-order chi connectivity index (χ1) is 8.82. The fourth-order valence-corrected chi connectivity index (χ4v) is 3.36. The van der Waals surface area contributed by atoms with Crippen molar-refractivity contribution in [1.29, 1.82) is 0 Å². The third kappa shape index (κ3) is 1.96. The van der Waals surface area contributed by atoms with Gasteiger partial charge >= 0.3 is 0 Å². The fourth-order valence-electron chi connectivity index (χ4n) is 3.36. The maximum absolute atomic E-state index is 6.88. The number of nitrogens with zero attached hydrogens (tertiary/aromatic N) is 2. The highest BCUT2D eigenvalue weighted by atomic mass is 15.5. The summed E-state index contributed by atoms with van der Waals surface area (Å²) in [4.78, 5) is 4.93. The molecule has 3 rings (SSSR count). The predicted molar refractivity (Wildman–Crippen MR) is 73.9 cm³/mol. The summed E-state index contributed by atoms with van der Waals surface area (Å²) < 4.78 is 0. The summed E-state index contributed by atoms with van der Waals surface area (Å²) in [6.45, 7) is 4.51. The molecule has 0 atom stereocenters. The summed E-state index contributed by atoms with van der Waals surface area (Å²) >= 11 is 0. The molecule has 98 valence electrons. The van der Waals surface area contributed by atoms with Crippen LogP contribution in [-0.4, -0.2) is 36.0 Å². The van der Waals surface area contributed by atoms with Crippen molar-refractivity contribution in [2.24, 2.45) is 5.73 Å². The molecule has 0 aliphatic carbocycles. The van der Waals surface area contributed by atoms with Crippen molar-refractivity contribution in [2.75, 3.05) is 26.2 Å². The molecule has 3 heteroatoms. The van der Waals surface area contributed by atoms with Gasteiger partial charge in [0.1, 0.15) is 0 Å². The second-order valence-corrected chi connectivity index (χ2v) is 5.48. The molecule has 0 radical (unpaired) electrons. The van der Waals surface area contributed by atoms with E-state index in [4.69, 9.17) is 5.73 Å².